The monoisotopic (exact) mass is 204 g/mol. The highest BCUT2D eigenvalue weighted by atomic mass is 31.2. The molecule has 0 aliphatic carbocycles. The lowest BCUT2D eigenvalue weighted by Gasteiger charge is -2.52. The molecule has 0 saturated carbocycles. The summed E-state index contributed by atoms with van der Waals surface area (Å²) in [5.74, 6) is 0. The summed E-state index contributed by atoms with van der Waals surface area (Å²) in [6.45, 7) is 11.1. The van der Waals surface area contributed by atoms with E-state index in [9.17, 15) is 4.57 Å². The van der Waals surface area contributed by atoms with Gasteiger partial charge in [-0.25, -0.2) is 0 Å². The van der Waals surface area contributed by atoms with Crippen LogP contribution in [0.3, 0.4) is 0 Å². The van der Waals surface area contributed by atoms with Crippen LogP contribution in [0.5, 0.6) is 0 Å². The summed E-state index contributed by atoms with van der Waals surface area (Å²) in [4.78, 5) is 0. The molecule has 0 spiro atoms. The lowest BCUT2D eigenvalue weighted by Crippen LogP contribution is -2.47. The normalized spacial score (nSPS) is 40.1. The molecule has 0 aromatic rings. The average Bonchev–Trinajstić information content (AvgIpc) is 2.13. The minimum atomic E-state index is -2.42. The van der Waals surface area contributed by atoms with Crippen molar-refractivity contribution in [3.8, 4) is 0 Å². The fourth-order valence-electron chi connectivity index (χ4n) is 1.83. The zero-order valence-corrected chi connectivity index (χ0v) is 10.3. The minimum absolute atomic E-state index is 0.0630. The van der Waals surface area contributed by atoms with Crippen LogP contribution in [0, 0.1) is 0 Å². The molecule has 2 nitrogen and oxygen atoms in total. The Balaban J connectivity index is 2.97. The summed E-state index contributed by atoms with van der Waals surface area (Å²) in [7, 11) is -2.42. The van der Waals surface area contributed by atoms with Crippen LogP contribution in [0.4, 0.5) is 0 Å². The Morgan fingerprint density at radius 2 is 2.00 bits per heavy atom. The highest BCUT2D eigenvalue weighted by Crippen LogP contribution is 2.76. The van der Waals surface area contributed by atoms with Gasteiger partial charge in [0.25, 0.3) is 0 Å². The highest BCUT2D eigenvalue weighted by molar-refractivity contribution is 7.63. The molecule has 1 saturated heterocycles. The second-order valence-corrected chi connectivity index (χ2v) is 8.49. The molecule has 78 valence electrons. The lowest BCUT2D eigenvalue weighted by atomic mass is 10.1. The van der Waals surface area contributed by atoms with Crippen LogP contribution in [-0.2, 0) is 9.09 Å². The van der Waals surface area contributed by atoms with Crippen molar-refractivity contribution in [2.24, 2.45) is 0 Å². The van der Waals surface area contributed by atoms with Gasteiger partial charge >= 0.3 is 0 Å². The number of hydrogen-bond donors (Lipinski definition) is 0. The second-order valence-electron chi connectivity index (χ2n) is 4.84. The van der Waals surface area contributed by atoms with Gasteiger partial charge in [0.05, 0.1) is 11.8 Å². The summed E-state index contributed by atoms with van der Waals surface area (Å²) in [6, 6.07) is 0. The maximum absolute atomic E-state index is 12.6. The van der Waals surface area contributed by atoms with Gasteiger partial charge in [0, 0.05) is 5.16 Å². The summed E-state index contributed by atoms with van der Waals surface area (Å²) in [5.41, 5.74) is 0. The zero-order chi connectivity index (χ0) is 10.3. The van der Waals surface area contributed by atoms with Crippen molar-refractivity contribution in [2.75, 3.05) is 6.61 Å². The van der Waals surface area contributed by atoms with Crippen LogP contribution in [0.15, 0.2) is 0 Å². The van der Waals surface area contributed by atoms with Gasteiger partial charge in [-0.2, -0.15) is 0 Å². The Morgan fingerprint density at radius 3 is 2.23 bits per heavy atom. The Bertz CT molecular complexity index is 226. The fourth-order valence-corrected chi connectivity index (χ4v) is 5.27. The summed E-state index contributed by atoms with van der Waals surface area (Å²) in [5, 5.41) is -0.220. The maximum Gasteiger partial charge on any atom is 0.216 e. The number of hydrogen-bond acceptors (Lipinski definition) is 2. The lowest BCUT2D eigenvalue weighted by molar-refractivity contribution is 0.164. The van der Waals surface area contributed by atoms with Gasteiger partial charge in [0.1, 0.15) is 0 Å². The van der Waals surface area contributed by atoms with Gasteiger partial charge < -0.3 is 4.52 Å². The fraction of sp³-hybridized carbons (Fsp3) is 1.00. The van der Waals surface area contributed by atoms with Crippen molar-refractivity contribution in [1.82, 2.24) is 0 Å². The Morgan fingerprint density at radius 1 is 1.46 bits per heavy atom. The van der Waals surface area contributed by atoms with E-state index in [2.05, 4.69) is 34.6 Å². The van der Waals surface area contributed by atoms with Gasteiger partial charge in [0.15, 0.2) is 0 Å². The molecule has 1 rings (SSSR count). The SMILES string of the molecule is CCC(C)(C)P1(=O)OCC1(C)CC. The molecule has 0 aromatic heterocycles. The van der Waals surface area contributed by atoms with Crippen LogP contribution < -0.4 is 0 Å². The van der Waals surface area contributed by atoms with E-state index in [4.69, 9.17) is 4.52 Å². The van der Waals surface area contributed by atoms with E-state index < -0.39 is 7.37 Å². The number of rotatable bonds is 3. The van der Waals surface area contributed by atoms with Crippen molar-refractivity contribution < 1.29 is 9.09 Å². The molecular weight excluding hydrogens is 183 g/mol. The van der Waals surface area contributed by atoms with E-state index in [0.717, 1.165) is 12.8 Å². The summed E-state index contributed by atoms with van der Waals surface area (Å²) in [6.07, 6.45) is 1.87. The first-order chi connectivity index (χ1) is 5.83. The van der Waals surface area contributed by atoms with Crippen LogP contribution in [-0.4, -0.2) is 16.9 Å². The molecular formula is C10H21O2P. The van der Waals surface area contributed by atoms with E-state index in [0.29, 0.717) is 6.61 Å². The van der Waals surface area contributed by atoms with Crippen LogP contribution in [0.1, 0.15) is 47.5 Å². The third-order valence-corrected chi connectivity index (χ3v) is 7.96. The average molecular weight is 204 g/mol. The molecule has 0 bridgehead atoms. The standard InChI is InChI=1S/C10H21O2P/c1-6-9(3,4)13(11)10(5,7-2)8-12-13/h6-8H2,1-5H3. The van der Waals surface area contributed by atoms with E-state index in [1.165, 1.54) is 0 Å². The molecule has 0 radical (unpaired) electrons. The van der Waals surface area contributed by atoms with E-state index in [-0.39, 0.29) is 10.3 Å². The van der Waals surface area contributed by atoms with Crippen LogP contribution in [0.25, 0.3) is 0 Å². The molecule has 1 aliphatic rings. The molecule has 2 atom stereocenters. The molecule has 0 amide bonds. The van der Waals surface area contributed by atoms with Gasteiger partial charge in [-0.3, -0.25) is 4.57 Å². The second kappa shape index (κ2) is 3.10. The van der Waals surface area contributed by atoms with E-state index in [1.807, 2.05) is 0 Å². The Hall–Kier alpha value is 0.190. The first-order valence-corrected chi connectivity index (χ1v) is 6.70. The molecule has 1 fully saturated rings. The van der Waals surface area contributed by atoms with Crippen molar-refractivity contribution in [3.63, 3.8) is 0 Å². The molecule has 1 aliphatic heterocycles. The van der Waals surface area contributed by atoms with Crippen molar-refractivity contribution in [3.05, 3.63) is 0 Å². The molecule has 0 aromatic carbocycles. The van der Waals surface area contributed by atoms with Crippen LogP contribution >= 0.6 is 7.37 Å². The van der Waals surface area contributed by atoms with Crippen LogP contribution in [0.2, 0.25) is 0 Å². The quantitative estimate of drug-likeness (QED) is 0.656. The van der Waals surface area contributed by atoms with Gasteiger partial charge in [0.2, 0.25) is 7.37 Å². The summed E-state index contributed by atoms with van der Waals surface area (Å²) < 4.78 is 18.0. The largest absolute Gasteiger partial charge is 0.327 e. The predicted molar refractivity (Wildman–Crippen MR) is 56.6 cm³/mol. The minimum Gasteiger partial charge on any atom is -0.327 e. The molecule has 13 heavy (non-hydrogen) atoms. The smallest absolute Gasteiger partial charge is 0.216 e. The van der Waals surface area contributed by atoms with Gasteiger partial charge in [-0.05, 0) is 19.8 Å². The zero-order valence-electron chi connectivity index (χ0n) is 9.39. The predicted octanol–water partition coefficient (Wildman–Crippen LogP) is 3.65. The van der Waals surface area contributed by atoms with Gasteiger partial charge in [-0.15, -0.1) is 0 Å². The third-order valence-electron chi connectivity index (χ3n) is 3.69. The van der Waals surface area contributed by atoms with Crippen molar-refractivity contribution in [1.29, 1.82) is 0 Å². The van der Waals surface area contributed by atoms with Crippen molar-refractivity contribution >= 4 is 7.37 Å². The Labute approximate surface area is 81.5 Å². The first-order valence-electron chi connectivity index (χ1n) is 5.08. The Kier molecular flexibility index (Phi) is 2.69. The molecule has 1 heterocycles. The molecule has 3 heteroatoms. The first kappa shape index (κ1) is 11.3. The molecule has 2 unspecified atom stereocenters. The topological polar surface area (TPSA) is 26.3 Å². The maximum atomic E-state index is 12.6. The van der Waals surface area contributed by atoms with Gasteiger partial charge in [-0.1, -0.05) is 27.7 Å². The highest BCUT2D eigenvalue weighted by Gasteiger charge is 2.60. The third kappa shape index (κ3) is 1.30. The van der Waals surface area contributed by atoms with E-state index >= 15 is 0 Å². The summed E-state index contributed by atoms with van der Waals surface area (Å²) >= 11 is 0. The van der Waals surface area contributed by atoms with E-state index in [1.54, 1.807) is 0 Å². The van der Waals surface area contributed by atoms with Crippen molar-refractivity contribution in [2.45, 2.75) is 57.8 Å². The molecule has 0 N–H and O–H groups in total.